The fourth-order valence-electron chi connectivity index (χ4n) is 2.42. The normalized spacial score (nSPS) is 11.6. The molecule has 0 aliphatic carbocycles. The van der Waals surface area contributed by atoms with Crippen LogP contribution in [-0.2, 0) is 6.42 Å². The van der Waals surface area contributed by atoms with Crippen molar-refractivity contribution in [2.75, 3.05) is 0 Å². The number of fused-ring (bicyclic) bond motifs is 1. The maximum atomic E-state index is 9.44. The molecule has 0 aliphatic heterocycles. The Kier molecular flexibility index (Phi) is 3.76. The number of nitriles is 1. The van der Waals surface area contributed by atoms with Gasteiger partial charge >= 0.3 is 0 Å². The predicted octanol–water partition coefficient (Wildman–Crippen LogP) is 4.50. The van der Waals surface area contributed by atoms with E-state index in [0.29, 0.717) is 11.4 Å². The van der Waals surface area contributed by atoms with Crippen molar-refractivity contribution in [1.82, 2.24) is 9.97 Å². The second-order valence-electron chi connectivity index (χ2n) is 5.37. The molecule has 3 aromatic rings. The average molecular weight is 287 g/mol. The Bertz CT molecular complexity index is 877. The zero-order valence-corrected chi connectivity index (χ0v) is 12.7. The second kappa shape index (κ2) is 5.87. The zero-order valence-electron chi connectivity index (χ0n) is 12.7. The number of aromatic nitrogens is 2. The number of allylic oxidation sites excluding steroid dienone is 1. The molecule has 3 nitrogen and oxygen atoms in total. The summed E-state index contributed by atoms with van der Waals surface area (Å²) in [5.41, 5.74) is 5.83. The largest absolute Gasteiger partial charge is 0.337 e. The van der Waals surface area contributed by atoms with E-state index in [1.54, 1.807) is 0 Å². The zero-order chi connectivity index (χ0) is 15.5. The molecule has 108 valence electrons. The van der Waals surface area contributed by atoms with Gasteiger partial charge < -0.3 is 4.98 Å². The molecule has 0 saturated carbocycles. The first kappa shape index (κ1) is 14.1. The molecule has 3 rings (SSSR count). The second-order valence-corrected chi connectivity index (χ2v) is 5.37. The minimum atomic E-state index is 0.540. The minimum Gasteiger partial charge on any atom is -0.337 e. The number of nitrogens with one attached hydrogen (secondary N) is 1. The highest BCUT2D eigenvalue weighted by atomic mass is 14.9. The van der Waals surface area contributed by atoms with Crippen LogP contribution in [0.1, 0.15) is 29.4 Å². The van der Waals surface area contributed by atoms with Crippen LogP contribution in [0.25, 0.3) is 22.7 Å². The van der Waals surface area contributed by atoms with Crippen molar-refractivity contribution in [2.45, 2.75) is 20.3 Å². The molecule has 0 radical (unpaired) electrons. The van der Waals surface area contributed by atoms with E-state index in [0.717, 1.165) is 23.0 Å². The molecular formula is C19H17N3. The van der Waals surface area contributed by atoms with Crippen LogP contribution >= 0.6 is 0 Å². The van der Waals surface area contributed by atoms with Crippen molar-refractivity contribution in [3.8, 4) is 6.07 Å². The lowest BCUT2D eigenvalue weighted by Gasteiger charge is -1.98. The van der Waals surface area contributed by atoms with Crippen LogP contribution in [0.5, 0.6) is 0 Å². The molecule has 0 spiro atoms. The van der Waals surface area contributed by atoms with Crippen molar-refractivity contribution in [2.24, 2.45) is 0 Å². The molecule has 0 bridgehead atoms. The molecule has 1 heterocycles. The number of benzene rings is 2. The molecule has 0 amide bonds. The van der Waals surface area contributed by atoms with Gasteiger partial charge in [-0.2, -0.15) is 5.26 Å². The number of hydrogen-bond donors (Lipinski definition) is 1. The molecule has 0 aliphatic rings. The van der Waals surface area contributed by atoms with E-state index in [4.69, 9.17) is 0 Å². The SMILES string of the molecule is CCc1ccc(/C=C(/C#N)c2nc3ccc(C)cc3[nH]2)cc1. The summed E-state index contributed by atoms with van der Waals surface area (Å²) in [7, 11) is 0. The van der Waals surface area contributed by atoms with Crippen LogP contribution in [0.15, 0.2) is 42.5 Å². The lowest BCUT2D eigenvalue weighted by molar-refractivity contribution is 1.14. The number of H-pyrrole nitrogens is 1. The first-order valence-electron chi connectivity index (χ1n) is 7.37. The van der Waals surface area contributed by atoms with Crippen molar-refractivity contribution < 1.29 is 0 Å². The average Bonchev–Trinajstić information content (AvgIpc) is 2.96. The number of aryl methyl sites for hydroxylation is 2. The van der Waals surface area contributed by atoms with Gasteiger partial charge in [-0.1, -0.05) is 37.3 Å². The van der Waals surface area contributed by atoms with Gasteiger partial charge in [0.15, 0.2) is 0 Å². The Morgan fingerprint density at radius 3 is 2.68 bits per heavy atom. The standard InChI is InChI=1S/C19H17N3/c1-3-14-5-7-15(8-6-14)11-16(12-20)19-21-17-9-4-13(2)10-18(17)22-19/h4-11H,3H2,1-2H3,(H,21,22)/b16-11-. The van der Waals surface area contributed by atoms with Gasteiger partial charge in [0.25, 0.3) is 0 Å². The maximum absolute atomic E-state index is 9.44. The van der Waals surface area contributed by atoms with Crippen LogP contribution in [0, 0.1) is 18.3 Å². The smallest absolute Gasteiger partial charge is 0.149 e. The monoisotopic (exact) mass is 287 g/mol. The summed E-state index contributed by atoms with van der Waals surface area (Å²) < 4.78 is 0. The third kappa shape index (κ3) is 2.77. The number of aromatic amines is 1. The Balaban J connectivity index is 2.01. The fourth-order valence-corrected chi connectivity index (χ4v) is 2.42. The van der Waals surface area contributed by atoms with E-state index >= 15 is 0 Å². The number of nitrogens with zero attached hydrogens (tertiary/aromatic N) is 2. The molecule has 3 heteroatoms. The van der Waals surface area contributed by atoms with Gasteiger partial charge in [-0.05, 0) is 48.2 Å². The summed E-state index contributed by atoms with van der Waals surface area (Å²) in [4.78, 5) is 7.74. The Morgan fingerprint density at radius 1 is 1.23 bits per heavy atom. The van der Waals surface area contributed by atoms with Crippen molar-refractivity contribution in [3.05, 3.63) is 65.0 Å². The maximum Gasteiger partial charge on any atom is 0.149 e. The van der Waals surface area contributed by atoms with Gasteiger partial charge in [0.05, 0.1) is 16.6 Å². The van der Waals surface area contributed by atoms with Gasteiger partial charge in [0.1, 0.15) is 11.9 Å². The van der Waals surface area contributed by atoms with Gasteiger partial charge in [-0.25, -0.2) is 4.98 Å². The van der Waals surface area contributed by atoms with E-state index in [1.165, 1.54) is 11.1 Å². The van der Waals surface area contributed by atoms with Crippen LogP contribution in [0.3, 0.4) is 0 Å². The third-order valence-corrected chi connectivity index (χ3v) is 3.71. The van der Waals surface area contributed by atoms with E-state index in [2.05, 4.69) is 35.1 Å². The molecule has 22 heavy (non-hydrogen) atoms. The first-order valence-corrected chi connectivity index (χ1v) is 7.37. The predicted molar refractivity (Wildman–Crippen MR) is 90.1 cm³/mol. The highest BCUT2D eigenvalue weighted by Gasteiger charge is 2.08. The van der Waals surface area contributed by atoms with E-state index in [-0.39, 0.29) is 0 Å². The quantitative estimate of drug-likeness (QED) is 0.721. The summed E-state index contributed by atoms with van der Waals surface area (Å²) in [5, 5.41) is 9.44. The topological polar surface area (TPSA) is 52.5 Å². The van der Waals surface area contributed by atoms with Gasteiger partial charge in [0, 0.05) is 0 Å². The molecule has 0 unspecified atom stereocenters. The molecule has 1 N–H and O–H groups in total. The fraction of sp³-hybridized carbons (Fsp3) is 0.158. The van der Waals surface area contributed by atoms with E-state index in [9.17, 15) is 5.26 Å². The summed E-state index contributed by atoms with van der Waals surface area (Å²) in [6.07, 6.45) is 2.88. The van der Waals surface area contributed by atoms with E-state index < -0.39 is 0 Å². The first-order chi connectivity index (χ1) is 10.7. The van der Waals surface area contributed by atoms with Crippen LogP contribution in [-0.4, -0.2) is 9.97 Å². The molecule has 0 saturated heterocycles. The number of hydrogen-bond acceptors (Lipinski definition) is 2. The third-order valence-electron chi connectivity index (χ3n) is 3.71. The highest BCUT2D eigenvalue weighted by Crippen LogP contribution is 2.20. The lowest BCUT2D eigenvalue weighted by atomic mass is 10.1. The van der Waals surface area contributed by atoms with Crippen molar-refractivity contribution in [3.63, 3.8) is 0 Å². The van der Waals surface area contributed by atoms with Crippen molar-refractivity contribution >= 4 is 22.7 Å². The number of imidazole rings is 1. The molecule has 0 fully saturated rings. The van der Waals surface area contributed by atoms with Gasteiger partial charge in [-0.3, -0.25) is 0 Å². The van der Waals surface area contributed by atoms with Crippen molar-refractivity contribution in [1.29, 1.82) is 5.26 Å². The summed E-state index contributed by atoms with van der Waals surface area (Å²) in [5.74, 6) is 0.614. The van der Waals surface area contributed by atoms with Gasteiger partial charge in [-0.15, -0.1) is 0 Å². The van der Waals surface area contributed by atoms with Crippen LogP contribution < -0.4 is 0 Å². The van der Waals surface area contributed by atoms with Crippen LogP contribution in [0.4, 0.5) is 0 Å². The lowest BCUT2D eigenvalue weighted by Crippen LogP contribution is -1.85. The van der Waals surface area contributed by atoms with E-state index in [1.807, 2.05) is 43.3 Å². The number of rotatable bonds is 3. The minimum absolute atomic E-state index is 0.540. The molecule has 0 atom stereocenters. The summed E-state index contributed by atoms with van der Waals surface area (Å²) in [6, 6.07) is 16.5. The highest BCUT2D eigenvalue weighted by molar-refractivity contribution is 5.90. The summed E-state index contributed by atoms with van der Waals surface area (Å²) in [6.45, 7) is 4.16. The molecular weight excluding hydrogens is 270 g/mol. The Labute approximate surface area is 129 Å². The molecule has 1 aromatic heterocycles. The van der Waals surface area contributed by atoms with Gasteiger partial charge in [0.2, 0.25) is 0 Å². The van der Waals surface area contributed by atoms with Crippen LogP contribution in [0.2, 0.25) is 0 Å². The molecule has 2 aromatic carbocycles. The Hall–Kier alpha value is -2.86. The Morgan fingerprint density at radius 2 is 2.00 bits per heavy atom. The summed E-state index contributed by atoms with van der Waals surface area (Å²) >= 11 is 0.